The van der Waals surface area contributed by atoms with Gasteiger partial charge in [-0.05, 0) is 24.3 Å². The Morgan fingerprint density at radius 3 is 2.14 bits per heavy atom. The third kappa shape index (κ3) is 2.41. The third-order valence-electron chi connectivity index (χ3n) is 5.10. The lowest BCUT2D eigenvalue weighted by Crippen LogP contribution is -2.58. The predicted molar refractivity (Wildman–Crippen MR) is 78.4 cm³/mol. The van der Waals surface area contributed by atoms with E-state index in [0.29, 0.717) is 19.1 Å². The Balaban J connectivity index is 1.83. The molecular formula is C17H22O4. The van der Waals surface area contributed by atoms with Crippen LogP contribution < -0.4 is 0 Å². The first kappa shape index (κ1) is 14.7. The number of benzene rings is 1. The number of fused-ring (bicyclic) bond motifs is 2. The summed E-state index contributed by atoms with van der Waals surface area (Å²) in [6.07, 6.45) is 2.85. The van der Waals surface area contributed by atoms with Crippen molar-refractivity contribution < 1.29 is 19.0 Å². The first-order chi connectivity index (χ1) is 10.2. The topological polar surface area (TPSA) is 44.8 Å². The summed E-state index contributed by atoms with van der Waals surface area (Å²) in [7, 11) is 3.46. The summed E-state index contributed by atoms with van der Waals surface area (Å²) in [5, 5.41) is 0. The van der Waals surface area contributed by atoms with E-state index in [0.717, 1.165) is 24.7 Å². The molecule has 0 amide bonds. The molecule has 1 aliphatic carbocycles. The smallest absolute Gasteiger partial charge is 0.177 e. The van der Waals surface area contributed by atoms with Crippen molar-refractivity contribution in [2.75, 3.05) is 27.4 Å². The van der Waals surface area contributed by atoms with Crippen molar-refractivity contribution in [1.29, 1.82) is 0 Å². The fraction of sp³-hybridized carbons (Fsp3) is 0.588. The first-order valence-corrected chi connectivity index (χ1v) is 7.46. The van der Waals surface area contributed by atoms with Crippen molar-refractivity contribution in [3.8, 4) is 0 Å². The molecule has 0 N–H and O–H groups in total. The highest BCUT2D eigenvalue weighted by Crippen LogP contribution is 2.49. The van der Waals surface area contributed by atoms with E-state index in [1.165, 1.54) is 5.56 Å². The molecule has 114 valence electrons. The van der Waals surface area contributed by atoms with Crippen molar-refractivity contribution in [1.82, 2.24) is 0 Å². The minimum absolute atomic E-state index is 0.246. The second-order valence-corrected chi connectivity index (χ2v) is 6.01. The van der Waals surface area contributed by atoms with Gasteiger partial charge >= 0.3 is 0 Å². The molecule has 1 aromatic carbocycles. The maximum atomic E-state index is 10.8. The molecule has 1 saturated carbocycles. The number of ether oxygens (including phenoxy) is 3. The molecule has 2 fully saturated rings. The Bertz CT molecular complexity index is 476. The van der Waals surface area contributed by atoms with Crippen LogP contribution in [-0.4, -0.2) is 39.5 Å². The molecule has 0 radical (unpaired) electrons. The second kappa shape index (κ2) is 5.87. The van der Waals surface area contributed by atoms with Crippen LogP contribution in [0.1, 0.15) is 34.7 Å². The van der Waals surface area contributed by atoms with Gasteiger partial charge in [0.05, 0.1) is 13.2 Å². The van der Waals surface area contributed by atoms with E-state index in [1.54, 1.807) is 14.2 Å². The Morgan fingerprint density at radius 2 is 1.67 bits per heavy atom. The van der Waals surface area contributed by atoms with Gasteiger partial charge in [-0.2, -0.15) is 0 Å². The van der Waals surface area contributed by atoms with E-state index in [4.69, 9.17) is 14.2 Å². The summed E-state index contributed by atoms with van der Waals surface area (Å²) in [5.74, 6) is 0.465. The largest absolute Gasteiger partial charge is 0.380 e. The zero-order valence-corrected chi connectivity index (χ0v) is 12.6. The fourth-order valence-electron chi connectivity index (χ4n) is 4.03. The molecular weight excluding hydrogens is 268 g/mol. The highest BCUT2D eigenvalue weighted by atomic mass is 16.7. The molecule has 0 spiro atoms. The van der Waals surface area contributed by atoms with Crippen LogP contribution in [0.25, 0.3) is 0 Å². The summed E-state index contributed by atoms with van der Waals surface area (Å²) in [6.45, 7) is 1.36. The van der Waals surface area contributed by atoms with Gasteiger partial charge in [-0.1, -0.05) is 24.3 Å². The van der Waals surface area contributed by atoms with E-state index in [2.05, 4.69) is 12.1 Å². The number of hydrogen-bond donors (Lipinski definition) is 0. The normalized spacial score (nSPS) is 30.9. The number of carbonyl (C=O) groups excluding carboxylic acids is 1. The number of methoxy groups -OCH3 is 2. The monoisotopic (exact) mass is 290 g/mol. The van der Waals surface area contributed by atoms with Gasteiger partial charge in [-0.15, -0.1) is 0 Å². The highest BCUT2D eigenvalue weighted by Gasteiger charge is 2.54. The van der Waals surface area contributed by atoms with Gasteiger partial charge in [0, 0.05) is 31.6 Å². The van der Waals surface area contributed by atoms with Crippen LogP contribution in [0, 0.1) is 11.8 Å². The minimum Gasteiger partial charge on any atom is -0.380 e. The van der Waals surface area contributed by atoms with E-state index in [9.17, 15) is 4.79 Å². The Morgan fingerprint density at radius 1 is 1.10 bits per heavy atom. The summed E-state index contributed by atoms with van der Waals surface area (Å²) >= 11 is 0. The molecule has 4 nitrogen and oxygen atoms in total. The molecule has 2 unspecified atom stereocenters. The molecule has 21 heavy (non-hydrogen) atoms. The van der Waals surface area contributed by atoms with E-state index >= 15 is 0 Å². The maximum absolute atomic E-state index is 10.8. The van der Waals surface area contributed by atoms with Gasteiger partial charge in [0.25, 0.3) is 0 Å². The van der Waals surface area contributed by atoms with Gasteiger partial charge < -0.3 is 14.2 Å². The van der Waals surface area contributed by atoms with Crippen molar-refractivity contribution in [3.63, 3.8) is 0 Å². The summed E-state index contributed by atoms with van der Waals surface area (Å²) in [5.41, 5.74) is 2.01. The van der Waals surface area contributed by atoms with Crippen LogP contribution in [0.3, 0.4) is 0 Å². The fourth-order valence-corrected chi connectivity index (χ4v) is 4.03. The molecule has 1 saturated heterocycles. The summed E-state index contributed by atoms with van der Waals surface area (Å²) in [6, 6.07) is 7.92. The SMILES string of the molecule is COC1(OC)C2COCC1CC(c1ccc(C=O)cc1)C2. The molecule has 4 heteroatoms. The molecule has 2 atom stereocenters. The molecule has 1 aromatic rings. The highest BCUT2D eigenvalue weighted by molar-refractivity contribution is 5.74. The lowest BCUT2D eigenvalue weighted by atomic mass is 9.67. The molecule has 3 rings (SSSR count). The average molecular weight is 290 g/mol. The van der Waals surface area contributed by atoms with Gasteiger partial charge in [-0.3, -0.25) is 4.79 Å². The van der Waals surface area contributed by atoms with Crippen LogP contribution in [-0.2, 0) is 14.2 Å². The van der Waals surface area contributed by atoms with Gasteiger partial charge in [0.15, 0.2) is 5.79 Å². The lowest BCUT2D eigenvalue weighted by molar-refractivity contribution is -0.320. The van der Waals surface area contributed by atoms with Crippen LogP contribution in [0.4, 0.5) is 0 Å². The average Bonchev–Trinajstić information content (AvgIpc) is 2.53. The lowest BCUT2D eigenvalue weighted by Gasteiger charge is -2.52. The third-order valence-corrected chi connectivity index (χ3v) is 5.10. The first-order valence-electron chi connectivity index (χ1n) is 7.46. The van der Waals surface area contributed by atoms with Gasteiger partial charge in [0.2, 0.25) is 0 Å². The Labute approximate surface area is 125 Å². The molecule has 0 aromatic heterocycles. The molecule has 2 bridgehead atoms. The minimum atomic E-state index is -0.502. The van der Waals surface area contributed by atoms with Crippen LogP contribution in [0.5, 0.6) is 0 Å². The zero-order valence-electron chi connectivity index (χ0n) is 12.6. The van der Waals surface area contributed by atoms with Crippen molar-refractivity contribution in [3.05, 3.63) is 35.4 Å². The quantitative estimate of drug-likeness (QED) is 0.631. The molecule has 1 heterocycles. The Kier molecular flexibility index (Phi) is 4.11. The predicted octanol–water partition coefficient (Wildman–Crippen LogP) is 2.63. The van der Waals surface area contributed by atoms with Crippen LogP contribution >= 0.6 is 0 Å². The summed E-state index contributed by atoms with van der Waals surface area (Å²) in [4.78, 5) is 10.8. The van der Waals surface area contributed by atoms with Crippen LogP contribution in [0.2, 0.25) is 0 Å². The van der Waals surface area contributed by atoms with E-state index in [-0.39, 0.29) is 11.8 Å². The van der Waals surface area contributed by atoms with E-state index < -0.39 is 5.79 Å². The zero-order chi connectivity index (χ0) is 14.9. The second-order valence-electron chi connectivity index (χ2n) is 6.01. The van der Waals surface area contributed by atoms with Gasteiger partial charge in [-0.25, -0.2) is 0 Å². The molecule has 2 aliphatic rings. The maximum Gasteiger partial charge on any atom is 0.177 e. The number of carbonyl (C=O) groups is 1. The number of rotatable bonds is 4. The Hall–Kier alpha value is -1.23. The van der Waals surface area contributed by atoms with Crippen LogP contribution in [0.15, 0.2) is 24.3 Å². The van der Waals surface area contributed by atoms with Crippen molar-refractivity contribution >= 4 is 6.29 Å². The summed E-state index contributed by atoms with van der Waals surface area (Å²) < 4.78 is 17.2. The number of aldehydes is 1. The van der Waals surface area contributed by atoms with E-state index in [1.807, 2.05) is 12.1 Å². The van der Waals surface area contributed by atoms with Gasteiger partial charge in [0.1, 0.15) is 6.29 Å². The molecule has 1 aliphatic heterocycles. The van der Waals surface area contributed by atoms with Crippen molar-refractivity contribution in [2.24, 2.45) is 11.8 Å². The standard InChI is InChI=1S/C17H22O4/c1-19-17(20-2)15-7-14(8-16(17)11-21-10-15)13-5-3-12(9-18)4-6-13/h3-6,9,14-16H,7-8,10-11H2,1-2H3. The number of hydrogen-bond acceptors (Lipinski definition) is 4. The van der Waals surface area contributed by atoms with Crippen molar-refractivity contribution in [2.45, 2.75) is 24.5 Å².